The summed E-state index contributed by atoms with van der Waals surface area (Å²) >= 11 is 5.90. The summed E-state index contributed by atoms with van der Waals surface area (Å²) in [6.45, 7) is 1.82. The van der Waals surface area contributed by atoms with Crippen molar-refractivity contribution in [3.8, 4) is 5.75 Å². The highest BCUT2D eigenvalue weighted by atomic mass is 35.5. The van der Waals surface area contributed by atoms with Gasteiger partial charge in [0.1, 0.15) is 5.75 Å². The van der Waals surface area contributed by atoms with Gasteiger partial charge in [-0.2, -0.15) is 0 Å². The zero-order valence-electron chi connectivity index (χ0n) is 17.1. The van der Waals surface area contributed by atoms with E-state index in [9.17, 15) is 27.6 Å². The van der Waals surface area contributed by atoms with E-state index in [0.717, 1.165) is 0 Å². The molecular formula is C21H22ClF3N2O5. The number of nitrogens with one attached hydrogen (secondary N) is 2. The van der Waals surface area contributed by atoms with Gasteiger partial charge in [-0.15, -0.1) is 13.2 Å². The third-order valence-electron chi connectivity index (χ3n) is 6.11. The van der Waals surface area contributed by atoms with Gasteiger partial charge in [-0.1, -0.05) is 11.6 Å². The molecule has 3 aliphatic rings. The first-order valence-corrected chi connectivity index (χ1v) is 10.6. The second-order valence-corrected chi connectivity index (χ2v) is 9.33. The fourth-order valence-corrected chi connectivity index (χ4v) is 4.61. The number of ketones is 1. The summed E-state index contributed by atoms with van der Waals surface area (Å²) < 4.78 is 46.1. The number of alkyl halides is 3. The fourth-order valence-electron chi connectivity index (χ4n) is 4.44. The molecule has 32 heavy (non-hydrogen) atoms. The van der Waals surface area contributed by atoms with Crippen LogP contribution in [0, 0.1) is 5.92 Å². The van der Waals surface area contributed by atoms with E-state index in [4.69, 9.17) is 16.3 Å². The summed E-state index contributed by atoms with van der Waals surface area (Å²) in [6, 6.07) is 4.45. The first-order valence-electron chi connectivity index (χ1n) is 10.3. The lowest BCUT2D eigenvalue weighted by Crippen LogP contribution is -2.64. The van der Waals surface area contributed by atoms with E-state index in [2.05, 4.69) is 15.4 Å². The van der Waals surface area contributed by atoms with Gasteiger partial charge in [-0.3, -0.25) is 19.1 Å². The highest BCUT2D eigenvalue weighted by Crippen LogP contribution is 2.37. The monoisotopic (exact) mass is 474 g/mol. The minimum absolute atomic E-state index is 0.0335. The van der Waals surface area contributed by atoms with Gasteiger partial charge in [0.05, 0.1) is 18.1 Å². The standard InChI is InChI=1S/C21H22ClF3N2O5/c1-20(8-12(9-20)26-18(29)10-4-13(5-10)32-21(23,24)25)27-19(30)17-7-15(28)14-6-11(22)2-3-16(14)31-17/h2-3,6,10,12-13,17H,4-5,7-9H2,1H3,(H,26,29)(H,27,30)/t10-,12?,13+,17-,20?/m1/s1. The predicted molar refractivity (Wildman–Crippen MR) is 106 cm³/mol. The molecule has 0 saturated heterocycles. The van der Waals surface area contributed by atoms with E-state index in [1.807, 2.05) is 6.92 Å². The number of ether oxygens (including phenoxy) is 2. The zero-order valence-corrected chi connectivity index (χ0v) is 17.9. The van der Waals surface area contributed by atoms with E-state index in [1.54, 1.807) is 12.1 Å². The fraction of sp³-hybridized carbons (Fsp3) is 0.571. The molecule has 1 aromatic rings. The van der Waals surface area contributed by atoms with Crippen molar-refractivity contribution in [2.45, 2.75) is 69.2 Å². The number of fused-ring (bicyclic) bond motifs is 1. The summed E-state index contributed by atoms with van der Waals surface area (Å²) in [6.07, 6.45) is -5.73. The highest BCUT2D eigenvalue weighted by molar-refractivity contribution is 6.31. The molecule has 2 fully saturated rings. The van der Waals surface area contributed by atoms with Crippen LogP contribution in [-0.2, 0) is 14.3 Å². The molecule has 2 N–H and O–H groups in total. The van der Waals surface area contributed by atoms with Crippen LogP contribution in [0.2, 0.25) is 5.02 Å². The minimum Gasteiger partial charge on any atom is -0.479 e. The summed E-state index contributed by atoms with van der Waals surface area (Å²) in [4.78, 5) is 37.2. The van der Waals surface area contributed by atoms with E-state index in [-0.39, 0.29) is 37.0 Å². The Morgan fingerprint density at radius 3 is 2.56 bits per heavy atom. The molecule has 174 valence electrons. The number of amides is 2. The van der Waals surface area contributed by atoms with Crippen molar-refractivity contribution in [3.63, 3.8) is 0 Å². The van der Waals surface area contributed by atoms with Gasteiger partial charge in [0.25, 0.3) is 5.91 Å². The Hall–Kier alpha value is -2.33. The zero-order chi connectivity index (χ0) is 23.3. The molecule has 1 aliphatic heterocycles. The number of halogens is 4. The molecule has 0 spiro atoms. The number of benzene rings is 1. The smallest absolute Gasteiger partial charge is 0.479 e. The van der Waals surface area contributed by atoms with Crippen LogP contribution in [0.4, 0.5) is 13.2 Å². The van der Waals surface area contributed by atoms with Gasteiger partial charge in [-0.05, 0) is 50.8 Å². The van der Waals surface area contributed by atoms with Gasteiger partial charge in [0, 0.05) is 22.5 Å². The van der Waals surface area contributed by atoms with Crippen molar-refractivity contribution < 1.29 is 37.0 Å². The lowest BCUT2D eigenvalue weighted by atomic mass is 9.73. The number of hydrogen-bond acceptors (Lipinski definition) is 5. The summed E-state index contributed by atoms with van der Waals surface area (Å²) in [7, 11) is 0. The van der Waals surface area contributed by atoms with Gasteiger partial charge in [0.2, 0.25) is 5.91 Å². The molecule has 0 radical (unpaired) electrons. The lowest BCUT2D eigenvalue weighted by molar-refractivity contribution is -0.353. The SMILES string of the molecule is CC1(NC(=O)[C@H]2CC(=O)c3cc(Cl)ccc3O2)CC(NC(=O)[C@H]2C[C@@H](OC(F)(F)F)C2)C1. The van der Waals surface area contributed by atoms with Crippen LogP contribution in [0.1, 0.15) is 49.4 Å². The Balaban J connectivity index is 1.22. The quantitative estimate of drug-likeness (QED) is 0.684. The molecule has 2 aliphatic carbocycles. The second kappa shape index (κ2) is 8.22. The Kier molecular flexibility index (Phi) is 5.87. The molecule has 1 heterocycles. The summed E-state index contributed by atoms with van der Waals surface area (Å²) in [5, 5.41) is 6.10. The van der Waals surface area contributed by atoms with Gasteiger partial charge >= 0.3 is 6.36 Å². The van der Waals surface area contributed by atoms with Crippen LogP contribution in [-0.4, -0.2) is 47.7 Å². The largest absolute Gasteiger partial charge is 0.522 e. The molecule has 11 heteroatoms. The van der Waals surface area contributed by atoms with Crippen LogP contribution in [0.3, 0.4) is 0 Å². The topological polar surface area (TPSA) is 93.7 Å². The Morgan fingerprint density at radius 1 is 1.22 bits per heavy atom. The molecule has 0 unspecified atom stereocenters. The molecule has 4 rings (SSSR count). The molecule has 1 atom stereocenters. The average molecular weight is 475 g/mol. The third-order valence-corrected chi connectivity index (χ3v) is 6.34. The van der Waals surface area contributed by atoms with E-state index >= 15 is 0 Å². The number of hydrogen-bond donors (Lipinski definition) is 2. The second-order valence-electron chi connectivity index (χ2n) is 8.89. The van der Waals surface area contributed by atoms with Crippen LogP contribution >= 0.6 is 11.6 Å². The number of carbonyl (C=O) groups excluding carboxylic acids is 3. The number of rotatable bonds is 5. The predicted octanol–water partition coefficient (Wildman–Crippen LogP) is 3.14. The van der Waals surface area contributed by atoms with E-state index in [0.29, 0.717) is 29.2 Å². The molecule has 1 aromatic carbocycles. The highest BCUT2D eigenvalue weighted by Gasteiger charge is 2.47. The first kappa shape index (κ1) is 22.8. The summed E-state index contributed by atoms with van der Waals surface area (Å²) in [5.74, 6) is -1.15. The molecular weight excluding hydrogens is 453 g/mol. The Morgan fingerprint density at radius 2 is 1.91 bits per heavy atom. The van der Waals surface area contributed by atoms with Crippen molar-refractivity contribution in [1.29, 1.82) is 0 Å². The summed E-state index contributed by atoms with van der Waals surface area (Å²) in [5.41, 5.74) is -0.235. The maximum absolute atomic E-state index is 12.7. The van der Waals surface area contributed by atoms with Gasteiger partial charge in [-0.25, -0.2) is 0 Å². The average Bonchev–Trinajstić information content (AvgIpc) is 2.62. The Labute approximate surface area is 186 Å². The van der Waals surface area contributed by atoms with Crippen LogP contribution < -0.4 is 15.4 Å². The normalized spacial score (nSPS) is 31.5. The number of Topliss-reactive ketones (excluding diaryl/α,β-unsaturated/α-hetero) is 1. The maximum atomic E-state index is 12.7. The van der Waals surface area contributed by atoms with Crippen LogP contribution in [0.25, 0.3) is 0 Å². The van der Waals surface area contributed by atoms with Crippen molar-refractivity contribution >= 4 is 29.2 Å². The van der Waals surface area contributed by atoms with E-state index < -0.39 is 35.9 Å². The lowest BCUT2D eigenvalue weighted by Gasteiger charge is -2.47. The molecule has 0 bridgehead atoms. The molecule has 2 saturated carbocycles. The molecule has 0 aromatic heterocycles. The van der Waals surface area contributed by atoms with Crippen LogP contribution in [0.5, 0.6) is 5.75 Å². The van der Waals surface area contributed by atoms with Gasteiger partial charge < -0.3 is 15.4 Å². The molecule has 7 nitrogen and oxygen atoms in total. The van der Waals surface area contributed by atoms with Crippen LogP contribution in [0.15, 0.2) is 18.2 Å². The Bertz CT molecular complexity index is 942. The molecule has 2 amide bonds. The van der Waals surface area contributed by atoms with Crippen molar-refractivity contribution in [2.75, 3.05) is 0 Å². The minimum atomic E-state index is -4.69. The van der Waals surface area contributed by atoms with Gasteiger partial charge in [0.15, 0.2) is 11.9 Å². The number of carbonyl (C=O) groups is 3. The van der Waals surface area contributed by atoms with E-state index in [1.165, 1.54) is 6.07 Å². The van der Waals surface area contributed by atoms with Crippen molar-refractivity contribution in [1.82, 2.24) is 10.6 Å². The first-order chi connectivity index (χ1) is 14.9. The van der Waals surface area contributed by atoms with Crippen molar-refractivity contribution in [3.05, 3.63) is 28.8 Å². The third kappa shape index (κ3) is 5.01. The maximum Gasteiger partial charge on any atom is 0.522 e. The van der Waals surface area contributed by atoms with Crippen molar-refractivity contribution in [2.24, 2.45) is 5.92 Å².